The molecule has 0 saturated carbocycles. The van der Waals surface area contributed by atoms with E-state index in [1.54, 1.807) is 31.6 Å². The molecule has 0 bridgehead atoms. The second-order valence-electron chi connectivity index (χ2n) is 4.13. The predicted molar refractivity (Wildman–Crippen MR) is 68.8 cm³/mol. The zero-order chi connectivity index (χ0) is 13.4. The van der Waals surface area contributed by atoms with Crippen LogP contribution in [-0.2, 0) is 0 Å². The fourth-order valence-electron chi connectivity index (χ4n) is 2.16. The molecule has 0 aliphatic heterocycles. The number of nitrogens with one attached hydrogen (secondary N) is 1. The highest BCUT2D eigenvalue weighted by Crippen LogP contribution is 2.31. The lowest BCUT2D eigenvalue weighted by Crippen LogP contribution is -2.05. The second kappa shape index (κ2) is 4.16. The molecule has 0 radical (unpaired) electrons. The molecule has 19 heavy (non-hydrogen) atoms. The monoisotopic (exact) mass is 254 g/mol. The smallest absolute Gasteiger partial charge is 0.338 e. The number of aromatic amines is 1. The van der Waals surface area contributed by atoms with E-state index in [4.69, 9.17) is 0 Å². The number of fused-ring (bicyclic) bond motifs is 1. The van der Waals surface area contributed by atoms with Crippen molar-refractivity contribution in [2.24, 2.45) is 0 Å². The Hall–Kier alpha value is -2.76. The third-order valence-corrected chi connectivity index (χ3v) is 2.94. The number of pyridine rings is 2. The first-order valence-corrected chi connectivity index (χ1v) is 5.66. The van der Waals surface area contributed by atoms with Crippen molar-refractivity contribution in [1.82, 2.24) is 20.2 Å². The molecule has 0 aromatic carbocycles. The van der Waals surface area contributed by atoms with Gasteiger partial charge < -0.3 is 5.11 Å². The van der Waals surface area contributed by atoms with Crippen LogP contribution in [0, 0.1) is 6.92 Å². The van der Waals surface area contributed by atoms with Crippen molar-refractivity contribution in [2.45, 2.75) is 6.92 Å². The molecule has 2 N–H and O–H groups in total. The summed E-state index contributed by atoms with van der Waals surface area (Å²) in [6.07, 6.45) is 4.86. The van der Waals surface area contributed by atoms with Crippen LogP contribution in [0.1, 0.15) is 16.1 Å². The number of hydrogen-bond donors (Lipinski definition) is 2. The number of hydrogen-bond acceptors (Lipinski definition) is 4. The van der Waals surface area contributed by atoms with Crippen LogP contribution < -0.4 is 0 Å². The lowest BCUT2D eigenvalue weighted by atomic mass is 9.98. The fourth-order valence-corrected chi connectivity index (χ4v) is 2.16. The van der Waals surface area contributed by atoms with Gasteiger partial charge in [0.1, 0.15) is 0 Å². The van der Waals surface area contributed by atoms with E-state index < -0.39 is 5.97 Å². The van der Waals surface area contributed by atoms with E-state index in [1.165, 1.54) is 0 Å². The molecule has 0 spiro atoms. The first kappa shape index (κ1) is 11.3. The topological polar surface area (TPSA) is 91.8 Å². The molecule has 0 amide bonds. The van der Waals surface area contributed by atoms with E-state index in [2.05, 4.69) is 20.2 Å². The van der Waals surface area contributed by atoms with Crippen LogP contribution in [0.4, 0.5) is 0 Å². The summed E-state index contributed by atoms with van der Waals surface area (Å²) in [4.78, 5) is 19.8. The van der Waals surface area contributed by atoms with Crippen molar-refractivity contribution in [1.29, 1.82) is 0 Å². The van der Waals surface area contributed by atoms with Gasteiger partial charge in [-0.2, -0.15) is 5.10 Å². The summed E-state index contributed by atoms with van der Waals surface area (Å²) in [5, 5.41) is 16.8. The van der Waals surface area contributed by atoms with Crippen molar-refractivity contribution in [3.63, 3.8) is 0 Å². The fraction of sp³-hybridized carbons (Fsp3) is 0.0769. The number of rotatable bonds is 2. The highest BCUT2D eigenvalue weighted by molar-refractivity contribution is 6.06. The van der Waals surface area contributed by atoms with Gasteiger partial charge in [0.15, 0.2) is 5.65 Å². The van der Waals surface area contributed by atoms with Gasteiger partial charge in [-0.15, -0.1) is 0 Å². The van der Waals surface area contributed by atoms with Gasteiger partial charge in [0, 0.05) is 28.9 Å². The largest absolute Gasteiger partial charge is 0.478 e. The second-order valence-corrected chi connectivity index (χ2v) is 4.13. The molecule has 6 nitrogen and oxygen atoms in total. The summed E-state index contributed by atoms with van der Waals surface area (Å²) >= 11 is 0. The lowest BCUT2D eigenvalue weighted by Gasteiger charge is -2.09. The Morgan fingerprint density at radius 1 is 1.37 bits per heavy atom. The van der Waals surface area contributed by atoms with Crippen molar-refractivity contribution in [3.05, 3.63) is 42.0 Å². The zero-order valence-electron chi connectivity index (χ0n) is 10.1. The van der Waals surface area contributed by atoms with Crippen molar-refractivity contribution in [3.8, 4) is 11.1 Å². The number of aromatic nitrogens is 4. The summed E-state index contributed by atoms with van der Waals surface area (Å²) in [5.41, 5.74) is 2.53. The van der Waals surface area contributed by atoms with Crippen LogP contribution in [-0.4, -0.2) is 31.2 Å². The van der Waals surface area contributed by atoms with E-state index in [1.807, 2.05) is 6.07 Å². The Labute approximate surface area is 108 Å². The number of carboxylic acid groups (broad SMARTS) is 1. The van der Waals surface area contributed by atoms with E-state index in [9.17, 15) is 9.90 Å². The van der Waals surface area contributed by atoms with Crippen LogP contribution in [0.15, 0.2) is 30.7 Å². The number of aromatic carboxylic acids is 1. The number of H-pyrrole nitrogens is 1. The molecule has 94 valence electrons. The Kier molecular flexibility index (Phi) is 2.49. The van der Waals surface area contributed by atoms with Gasteiger partial charge in [0.05, 0.1) is 17.5 Å². The van der Waals surface area contributed by atoms with E-state index in [0.29, 0.717) is 22.3 Å². The molecule has 0 unspecified atom stereocenters. The van der Waals surface area contributed by atoms with Gasteiger partial charge >= 0.3 is 5.97 Å². The normalized spacial score (nSPS) is 10.8. The quantitative estimate of drug-likeness (QED) is 0.730. The van der Waals surface area contributed by atoms with Crippen molar-refractivity contribution in [2.75, 3.05) is 0 Å². The summed E-state index contributed by atoms with van der Waals surface area (Å²) in [5.74, 6) is -1.01. The van der Waals surface area contributed by atoms with Gasteiger partial charge in [0.25, 0.3) is 0 Å². The lowest BCUT2D eigenvalue weighted by molar-refractivity contribution is 0.0696. The molecule has 0 aliphatic carbocycles. The van der Waals surface area contributed by atoms with Crippen LogP contribution in [0.3, 0.4) is 0 Å². The van der Waals surface area contributed by atoms with Crippen LogP contribution in [0.5, 0.6) is 0 Å². The Morgan fingerprint density at radius 3 is 2.89 bits per heavy atom. The molecule has 6 heteroatoms. The molecule has 3 aromatic rings. The van der Waals surface area contributed by atoms with Crippen LogP contribution >= 0.6 is 0 Å². The maximum atomic E-state index is 11.5. The van der Waals surface area contributed by atoms with Crippen LogP contribution in [0.2, 0.25) is 0 Å². The standard InChI is InChI=1S/C13H10N4O2/c1-7-10(13(18)19)11(8-3-2-4-14-5-8)9-6-15-17-12(9)16-7/h2-6H,1H3,(H,18,19)(H,15,16,17). The maximum Gasteiger partial charge on any atom is 0.338 e. The van der Waals surface area contributed by atoms with Gasteiger partial charge in [-0.3, -0.25) is 10.1 Å². The average Bonchev–Trinajstić information content (AvgIpc) is 2.85. The maximum absolute atomic E-state index is 11.5. The Morgan fingerprint density at radius 2 is 2.21 bits per heavy atom. The number of aryl methyl sites for hydroxylation is 1. The predicted octanol–water partition coefficient (Wildman–Crippen LogP) is 2.03. The molecule has 3 rings (SSSR count). The first-order chi connectivity index (χ1) is 9.18. The van der Waals surface area contributed by atoms with Crippen LogP contribution in [0.25, 0.3) is 22.2 Å². The minimum atomic E-state index is -1.01. The molecule has 3 heterocycles. The van der Waals surface area contributed by atoms with Gasteiger partial charge in [-0.05, 0) is 13.0 Å². The van der Waals surface area contributed by atoms with Crippen molar-refractivity contribution >= 4 is 17.0 Å². The third-order valence-electron chi connectivity index (χ3n) is 2.94. The average molecular weight is 254 g/mol. The number of carbonyl (C=O) groups is 1. The Balaban J connectivity index is 2.46. The SMILES string of the molecule is Cc1nc2[nH]ncc2c(-c2cccnc2)c1C(=O)O. The summed E-state index contributed by atoms with van der Waals surface area (Å²) < 4.78 is 0. The summed E-state index contributed by atoms with van der Waals surface area (Å²) in [7, 11) is 0. The van der Waals surface area contributed by atoms with Gasteiger partial charge in [-0.1, -0.05) is 6.07 Å². The number of nitrogens with zero attached hydrogens (tertiary/aromatic N) is 3. The minimum Gasteiger partial charge on any atom is -0.478 e. The third kappa shape index (κ3) is 1.74. The van der Waals surface area contributed by atoms with E-state index >= 15 is 0 Å². The van der Waals surface area contributed by atoms with Gasteiger partial charge in [0.2, 0.25) is 0 Å². The van der Waals surface area contributed by atoms with E-state index in [-0.39, 0.29) is 5.56 Å². The molecule has 0 atom stereocenters. The molecule has 0 saturated heterocycles. The Bertz CT molecular complexity index is 765. The highest BCUT2D eigenvalue weighted by Gasteiger charge is 2.20. The number of carboxylic acids is 1. The minimum absolute atomic E-state index is 0.182. The van der Waals surface area contributed by atoms with E-state index in [0.717, 1.165) is 5.56 Å². The first-order valence-electron chi connectivity index (χ1n) is 5.66. The molecular weight excluding hydrogens is 244 g/mol. The summed E-state index contributed by atoms with van der Waals surface area (Å²) in [6, 6.07) is 3.59. The molecule has 0 aliphatic rings. The molecule has 0 fully saturated rings. The highest BCUT2D eigenvalue weighted by atomic mass is 16.4. The molecule has 3 aromatic heterocycles. The van der Waals surface area contributed by atoms with Gasteiger partial charge in [-0.25, -0.2) is 9.78 Å². The zero-order valence-corrected chi connectivity index (χ0v) is 10.1. The summed E-state index contributed by atoms with van der Waals surface area (Å²) in [6.45, 7) is 1.67. The molecular formula is C13H10N4O2. The van der Waals surface area contributed by atoms with Crippen molar-refractivity contribution < 1.29 is 9.90 Å².